The maximum absolute atomic E-state index is 14.7. The zero-order valence-electron chi connectivity index (χ0n) is 47.5. The lowest BCUT2D eigenvalue weighted by molar-refractivity contribution is -0.265. The number of Topliss-reactive ketones (excluding diaryl/α,β-unsaturated/α-hetero) is 3. The first kappa shape index (κ1) is 62.6. The van der Waals surface area contributed by atoms with Crippen molar-refractivity contribution in [3.05, 3.63) is 47.6 Å². The van der Waals surface area contributed by atoms with Crippen LogP contribution in [0.5, 0.6) is 0 Å². The third kappa shape index (κ3) is 18.1. The molecular weight excluding hydrogens is 963 g/mol. The highest BCUT2D eigenvalue weighted by molar-refractivity contribution is 6.70. The van der Waals surface area contributed by atoms with Gasteiger partial charge in [0.1, 0.15) is 24.0 Å². The fraction of sp³-hybridized carbons (Fsp3) is 0.772. The standard InChI is InChI=1S/C57H95NO13Si2/c1-36-22-18-17-19-23-37(2)48(65-8)34-44-27-25-42(7)57(64,69-44)54(61)55(62)58-29-21-20-24-45(58)56(63)68-49(39(4)32-43-26-28-47(50(33-43)66-9)70-72(11,12)13)35-46(59)38(3)31-41(6)52(71-73(14,15)16)53(67-10)51(60)40(5)30-36/h17-19,22-23,31,36,38-40,42-45,47-50,52-53,64H,20-21,24-30,32-35H2,1-16H3/b19-17+,22-18+,37-23+,41-31+/t36-,38-,39-,40?,42-,43+,44+,45+,47-,48+,49+,50-,52-,53+,57-/m1/s1. The average molecular weight is 1060 g/mol. The van der Waals surface area contributed by atoms with Gasteiger partial charge in [-0.2, -0.15) is 0 Å². The number of amides is 1. The molecule has 73 heavy (non-hydrogen) atoms. The summed E-state index contributed by atoms with van der Waals surface area (Å²) in [6.07, 6.45) is 14.3. The number of carbonyl (C=O) groups excluding carboxylic acids is 5. The number of aliphatic hydroxyl groups is 1. The fourth-order valence-corrected chi connectivity index (χ4v) is 13.5. The number of cyclic esters (lactones) is 1. The summed E-state index contributed by atoms with van der Waals surface area (Å²) in [5.41, 5.74) is 1.60. The van der Waals surface area contributed by atoms with Gasteiger partial charge in [0.15, 0.2) is 22.4 Å². The Labute approximate surface area is 441 Å². The van der Waals surface area contributed by atoms with Gasteiger partial charge in [0.05, 0.1) is 30.5 Å². The number of piperidine rings is 1. The Morgan fingerprint density at radius 3 is 2.08 bits per heavy atom. The van der Waals surface area contributed by atoms with E-state index in [1.165, 1.54) is 12.0 Å². The molecule has 1 unspecified atom stereocenters. The average Bonchev–Trinajstić information content (AvgIpc) is 3.32. The summed E-state index contributed by atoms with van der Waals surface area (Å²) in [5.74, 6) is -7.19. The lowest BCUT2D eigenvalue weighted by atomic mass is 9.78. The molecule has 14 nitrogen and oxygen atoms in total. The predicted octanol–water partition coefficient (Wildman–Crippen LogP) is 9.90. The van der Waals surface area contributed by atoms with Crippen molar-refractivity contribution in [3.8, 4) is 0 Å². The number of rotatable bonds is 10. The Kier molecular flexibility index (Phi) is 23.9. The van der Waals surface area contributed by atoms with Gasteiger partial charge in [0, 0.05) is 58.5 Å². The molecule has 1 aliphatic carbocycles. The van der Waals surface area contributed by atoms with Gasteiger partial charge in [0.2, 0.25) is 5.79 Å². The number of allylic oxidation sites excluding steroid dienone is 6. The van der Waals surface area contributed by atoms with Gasteiger partial charge in [-0.15, -0.1) is 0 Å². The Bertz CT molecular complexity index is 1990. The smallest absolute Gasteiger partial charge is 0.329 e. The van der Waals surface area contributed by atoms with Crippen LogP contribution in [-0.2, 0) is 56.5 Å². The third-order valence-electron chi connectivity index (χ3n) is 15.4. The van der Waals surface area contributed by atoms with Crippen LogP contribution in [0.15, 0.2) is 47.6 Å². The minimum absolute atomic E-state index is 0.00537. The number of hydrogen-bond acceptors (Lipinski definition) is 13. The molecule has 4 rings (SSSR count). The van der Waals surface area contributed by atoms with Gasteiger partial charge in [-0.1, -0.05) is 71.1 Å². The van der Waals surface area contributed by atoms with Crippen molar-refractivity contribution < 1.29 is 61.6 Å². The number of nitrogens with zero attached hydrogens (tertiary/aromatic N) is 1. The number of ether oxygens (including phenoxy) is 5. The molecule has 0 aromatic heterocycles. The highest BCUT2D eigenvalue weighted by Gasteiger charge is 2.53. The Morgan fingerprint density at radius 2 is 1.45 bits per heavy atom. The molecule has 2 bridgehead atoms. The molecular formula is C57H95NO13Si2. The second-order valence-electron chi connectivity index (χ2n) is 24.0. The van der Waals surface area contributed by atoms with Gasteiger partial charge in [-0.3, -0.25) is 19.2 Å². The fourth-order valence-electron chi connectivity index (χ4n) is 11.2. The van der Waals surface area contributed by atoms with Crippen LogP contribution in [0.25, 0.3) is 0 Å². The number of esters is 1. The first-order valence-electron chi connectivity index (χ1n) is 27.3. The number of fused-ring (bicyclic) bond motifs is 3. The van der Waals surface area contributed by atoms with Crippen LogP contribution >= 0.6 is 0 Å². The van der Waals surface area contributed by atoms with Crippen LogP contribution in [0.3, 0.4) is 0 Å². The number of ketones is 3. The first-order valence-corrected chi connectivity index (χ1v) is 34.1. The Morgan fingerprint density at radius 1 is 0.767 bits per heavy atom. The van der Waals surface area contributed by atoms with E-state index in [2.05, 4.69) is 52.3 Å². The molecule has 1 N–H and O–H groups in total. The maximum atomic E-state index is 14.7. The summed E-state index contributed by atoms with van der Waals surface area (Å²) in [6, 6.07) is -1.11. The Balaban J connectivity index is 1.76. The van der Waals surface area contributed by atoms with E-state index in [1.54, 1.807) is 21.1 Å². The Hall–Kier alpha value is -2.94. The molecule has 4 aliphatic rings. The van der Waals surface area contributed by atoms with E-state index in [0.717, 1.165) is 24.8 Å². The van der Waals surface area contributed by atoms with Gasteiger partial charge >= 0.3 is 5.97 Å². The van der Waals surface area contributed by atoms with Crippen LogP contribution < -0.4 is 0 Å². The van der Waals surface area contributed by atoms with Crippen molar-refractivity contribution in [1.29, 1.82) is 0 Å². The van der Waals surface area contributed by atoms with E-state index in [1.807, 2.05) is 65.0 Å². The summed E-state index contributed by atoms with van der Waals surface area (Å²) in [7, 11) is 0.716. The van der Waals surface area contributed by atoms with Gasteiger partial charge in [-0.25, -0.2) is 4.79 Å². The molecule has 16 heteroatoms. The maximum Gasteiger partial charge on any atom is 0.329 e. The topological polar surface area (TPSA) is 173 Å². The zero-order valence-corrected chi connectivity index (χ0v) is 49.5. The van der Waals surface area contributed by atoms with Crippen LogP contribution in [-0.4, -0.2) is 138 Å². The molecule has 0 radical (unpaired) electrons. The van der Waals surface area contributed by atoms with Crippen LogP contribution in [0.4, 0.5) is 0 Å². The number of methoxy groups -OCH3 is 3. The monoisotopic (exact) mass is 1060 g/mol. The molecule has 1 amide bonds. The van der Waals surface area contributed by atoms with Gasteiger partial charge in [-0.05, 0) is 146 Å². The second kappa shape index (κ2) is 27.9. The quantitative estimate of drug-likeness (QED) is 0.0949. The van der Waals surface area contributed by atoms with Gasteiger partial charge < -0.3 is 42.5 Å². The molecule has 3 aliphatic heterocycles. The molecule has 0 aromatic rings. The molecule has 1 saturated carbocycles. The predicted molar refractivity (Wildman–Crippen MR) is 290 cm³/mol. The lowest BCUT2D eigenvalue weighted by Crippen LogP contribution is -2.61. The summed E-state index contributed by atoms with van der Waals surface area (Å²) < 4.78 is 43.8. The van der Waals surface area contributed by atoms with Crippen LogP contribution in [0, 0.1) is 35.5 Å². The molecule has 3 fully saturated rings. The molecule has 3 heterocycles. The van der Waals surface area contributed by atoms with E-state index >= 15 is 0 Å². The highest BCUT2D eigenvalue weighted by atomic mass is 28.4. The highest BCUT2D eigenvalue weighted by Crippen LogP contribution is 2.39. The number of carbonyl (C=O) groups is 5. The van der Waals surface area contributed by atoms with E-state index in [-0.39, 0.29) is 66.8 Å². The molecule has 15 atom stereocenters. The largest absolute Gasteiger partial charge is 0.460 e. The van der Waals surface area contributed by atoms with Crippen LogP contribution in [0.2, 0.25) is 39.3 Å². The summed E-state index contributed by atoms with van der Waals surface area (Å²) >= 11 is 0. The molecule has 414 valence electrons. The van der Waals surface area contributed by atoms with Crippen molar-refractivity contribution in [3.63, 3.8) is 0 Å². The third-order valence-corrected chi connectivity index (χ3v) is 17.4. The summed E-state index contributed by atoms with van der Waals surface area (Å²) in [4.78, 5) is 73.6. The molecule has 0 aromatic carbocycles. The normalized spacial score (nSPS) is 37.8. The van der Waals surface area contributed by atoms with E-state index in [9.17, 15) is 29.1 Å². The minimum Gasteiger partial charge on any atom is -0.460 e. The van der Waals surface area contributed by atoms with E-state index < -0.39 is 88.5 Å². The van der Waals surface area contributed by atoms with Crippen molar-refractivity contribution in [2.45, 2.75) is 219 Å². The minimum atomic E-state index is -2.42. The summed E-state index contributed by atoms with van der Waals surface area (Å²) in [6.45, 7) is 26.1. The summed E-state index contributed by atoms with van der Waals surface area (Å²) in [5, 5.41) is 12.1. The van der Waals surface area contributed by atoms with Crippen molar-refractivity contribution in [2.24, 2.45) is 35.5 Å². The van der Waals surface area contributed by atoms with E-state index in [0.29, 0.717) is 50.5 Å². The lowest BCUT2D eigenvalue weighted by Gasteiger charge is -2.42. The molecule has 0 spiro atoms. The SMILES string of the molecule is CO[C@H]1C[C@@H]2CC[C@@H](C)[C@@](O)(O2)C(=O)C(=O)N2CCCC[C@H]2C(=O)O[C@H]([C@H](C)C[C@@H]2CC[C@@H](O[Si](C)(C)C)[C@H](OC)C2)CC(=O)[C@H](C)/C=C(\C)[C@@H](O[Si](C)(C)C)[C@@H](OC)C(=O)C(C)C[C@H](C)/C=C/C=C/C=C/1C. The zero-order chi connectivity index (χ0) is 54.6. The molecule has 2 saturated heterocycles. The first-order chi connectivity index (χ1) is 34.1. The van der Waals surface area contributed by atoms with Crippen molar-refractivity contribution in [2.75, 3.05) is 27.9 Å². The van der Waals surface area contributed by atoms with Crippen molar-refractivity contribution in [1.82, 2.24) is 4.90 Å². The van der Waals surface area contributed by atoms with Crippen LogP contribution in [0.1, 0.15) is 126 Å². The number of hydrogen-bond donors (Lipinski definition) is 1. The van der Waals surface area contributed by atoms with E-state index in [4.69, 9.17) is 32.5 Å². The van der Waals surface area contributed by atoms with Gasteiger partial charge in [0.25, 0.3) is 11.7 Å². The second-order valence-corrected chi connectivity index (χ2v) is 32.9. The van der Waals surface area contributed by atoms with Crippen molar-refractivity contribution >= 4 is 45.9 Å².